The number of anilines is 1. The zero-order valence-corrected chi connectivity index (χ0v) is 12.5. The van der Waals surface area contributed by atoms with Crippen molar-refractivity contribution in [3.8, 4) is 0 Å². The fourth-order valence-electron chi connectivity index (χ4n) is 2.28. The van der Waals surface area contributed by atoms with Crippen molar-refractivity contribution >= 4 is 22.8 Å². The van der Waals surface area contributed by atoms with Crippen molar-refractivity contribution in [3.05, 3.63) is 65.1 Å². The molecule has 0 spiro atoms. The summed E-state index contributed by atoms with van der Waals surface area (Å²) in [7, 11) is 0. The summed E-state index contributed by atoms with van der Waals surface area (Å²) in [6.07, 6.45) is 0. The van der Waals surface area contributed by atoms with Crippen LogP contribution in [-0.2, 0) is 6.54 Å². The Morgan fingerprint density at radius 1 is 1.13 bits per heavy atom. The highest BCUT2D eigenvalue weighted by atomic mass is 19.1. The van der Waals surface area contributed by atoms with E-state index in [0.717, 1.165) is 0 Å². The number of carbonyl (C=O) groups excluding carboxylic acids is 1. The number of nitrogen functional groups attached to an aromatic ring is 1. The molecule has 0 aliphatic heterocycles. The Kier molecular flexibility index (Phi) is 3.89. The first kappa shape index (κ1) is 14.9. The molecule has 0 radical (unpaired) electrons. The van der Waals surface area contributed by atoms with Gasteiger partial charge in [0.1, 0.15) is 5.82 Å². The maximum atomic E-state index is 13.9. The Labute approximate surface area is 132 Å². The average Bonchev–Trinajstić information content (AvgIpc) is 2.55. The first-order valence-corrected chi connectivity index (χ1v) is 7.10. The quantitative estimate of drug-likeness (QED) is 0.779. The lowest BCUT2D eigenvalue weighted by molar-refractivity contribution is 0.0946. The lowest BCUT2D eigenvalue weighted by atomic mass is 10.1. The minimum atomic E-state index is -0.485. The fourth-order valence-corrected chi connectivity index (χ4v) is 2.28. The number of halogens is 1. The van der Waals surface area contributed by atoms with Gasteiger partial charge in [0.05, 0.1) is 11.0 Å². The molecule has 0 unspecified atom stereocenters. The van der Waals surface area contributed by atoms with E-state index in [1.54, 1.807) is 43.3 Å². The summed E-state index contributed by atoms with van der Waals surface area (Å²) >= 11 is 0. The van der Waals surface area contributed by atoms with Crippen LogP contribution >= 0.6 is 0 Å². The van der Waals surface area contributed by atoms with Gasteiger partial charge in [0.25, 0.3) is 5.91 Å². The third-order valence-electron chi connectivity index (χ3n) is 3.52. The smallest absolute Gasteiger partial charge is 0.274 e. The van der Waals surface area contributed by atoms with Crippen LogP contribution in [0.25, 0.3) is 11.0 Å². The van der Waals surface area contributed by atoms with Gasteiger partial charge in [-0.2, -0.15) is 0 Å². The summed E-state index contributed by atoms with van der Waals surface area (Å²) in [4.78, 5) is 20.7. The van der Waals surface area contributed by atoms with Crippen LogP contribution in [0.3, 0.4) is 0 Å². The van der Waals surface area contributed by atoms with Gasteiger partial charge < -0.3 is 11.1 Å². The molecule has 1 aromatic heterocycles. The van der Waals surface area contributed by atoms with Crippen LogP contribution in [0.15, 0.2) is 42.5 Å². The van der Waals surface area contributed by atoms with E-state index in [0.29, 0.717) is 22.2 Å². The zero-order chi connectivity index (χ0) is 16.4. The molecule has 3 rings (SSSR count). The van der Waals surface area contributed by atoms with Gasteiger partial charge in [0, 0.05) is 12.1 Å². The van der Waals surface area contributed by atoms with Crippen LogP contribution in [0.5, 0.6) is 0 Å². The van der Waals surface area contributed by atoms with Gasteiger partial charge in [-0.05, 0) is 24.6 Å². The summed E-state index contributed by atoms with van der Waals surface area (Å²) < 4.78 is 13.9. The van der Waals surface area contributed by atoms with Crippen molar-refractivity contribution in [1.82, 2.24) is 15.3 Å². The minimum absolute atomic E-state index is 0.0387. The first-order chi connectivity index (χ1) is 11.1. The topological polar surface area (TPSA) is 80.9 Å². The van der Waals surface area contributed by atoms with Gasteiger partial charge in [0.15, 0.2) is 11.5 Å². The molecule has 2 aromatic carbocycles. The van der Waals surface area contributed by atoms with Gasteiger partial charge in [-0.3, -0.25) is 4.79 Å². The van der Waals surface area contributed by atoms with Crippen LogP contribution in [0, 0.1) is 12.7 Å². The summed E-state index contributed by atoms with van der Waals surface area (Å²) in [5.74, 6) is -0.766. The van der Waals surface area contributed by atoms with Crippen molar-refractivity contribution in [1.29, 1.82) is 0 Å². The zero-order valence-electron chi connectivity index (χ0n) is 12.5. The Hall–Kier alpha value is -3.02. The monoisotopic (exact) mass is 310 g/mol. The second-order valence-electron chi connectivity index (χ2n) is 5.18. The first-order valence-electron chi connectivity index (χ1n) is 7.10. The number of benzene rings is 2. The third-order valence-corrected chi connectivity index (χ3v) is 3.52. The Morgan fingerprint density at radius 3 is 2.57 bits per heavy atom. The molecule has 5 nitrogen and oxygen atoms in total. The molecule has 0 saturated heterocycles. The molecule has 0 bridgehead atoms. The molecule has 3 N–H and O–H groups in total. The van der Waals surface area contributed by atoms with Crippen LogP contribution in [0.4, 0.5) is 10.2 Å². The lowest BCUT2D eigenvalue weighted by Gasteiger charge is -2.09. The molecule has 23 heavy (non-hydrogen) atoms. The van der Waals surface area contributed by atoms with Crippen molar-refractivity contribution < 1.29 is 9.18 Å². The van der Waals surface area contributed by atoms with Gasteiger partial charge in [-0.25, -0.2) is 14.4 Å². The van der Waals surface area contributed by atoms with E-state index in [-0.39, 0.29) is 23.9 Å². The van der Waals surface area contributed by atoms with E-state index in [1.165, 1.54) is 0 Å². The van der Waals surface area contributed by atoms with Crippen LogP contribution < -0.4 is 11.1 Å². The van der Waals surface area contributed by atoms with Gasteiger partial charge >= 0.3 is 0 Å². The molecule has 0 atom stereocenters. The highest BCUT2D eigenvalue weighted by Gasteiger charge is 2.15. The maximum absolute atomic E-state index is 13.9. The highest BCUT2D eigenvalue weighted by Crippen LogP contribution is 2.15. The van der Waals surface area contributed by atoms with E-state index in [4.69, 9.17) is 5.73 Å². The van der Waals surface area contributed by atoms with Crippen molar-refractivity contribution in [2.45, 2.75) is 13.5 Å². The predicted molar refractivity (Wildman–Crippen MR) is 86.3 cm³/mol. The predicted octanol–water partition coefficient (Wildman–Crippen LogP) is 2.59. The third kappa shape index (κ3) is 2.96. The van der Waals surface area contributed by atoms with E-state index in [2.05, 4.69) is 15.3 Å². The minimum Gasteiger partial charge on any atom is -0.382 e. The van der Waals surface area contributed by atoms with E-state index in [1.807, 2.05) is 6.07 Å². The molecule has 0 fully saturated rings. The Morgan fingerprint density at radius 2 is 1.83 bits per heavy atom. The van der Waals surface area contributed by atoms with Crippen LogP contribution in [0.1, 0.15) is 21.6 Å². The number of fused-ring (bicyclic) bond motifs is 1. The molecule has 116 valence electrons. The van der Waals surface area contributed by atoms with E-state index >= 15 is 0 Å². The molecule has 1 amide bonds. The van der Waals surface area contributed by atoms with Crippen LogP contribution in [0.2, 0.25) is 0 Å². The second-order valence-corrected chi connectivity index (χ2v) is 5.18. The summed E-state index contributed by atoms with van der Waals surface area (Å²) in [6.45, 7) is 1.73. The number of aromatic nitrogens is 2. The second kappa shape index (κ2) is 6.00. The average molecular weight is 310 g/mol. The molecule has 6 heteroatoms. The van der Waals surface area contributed by atoms with Crippen LogP contribution in [-0.4, -0.2) is 15.9 Å². The number of nitrogens with two attached hydrogens (primary N) is 1. The molecular formula is C17H15FN4O. The van der Waals surface area contributed by atoms with Gasteiger partial charge in [0.2, 0.25) is 0 Å². The molecule has 0 aliphatic carbocycles. The Balaban J connectivity index is 1.83. The molecule has 0 saturated carbocycles. The van der Waals surface area contributed by atoms with Gasteiger partial charge in [-0.15, -0.1) is 0 Å². The molecule has 1 heterocycles. The molecular weight excluding hydrogens is 295 g/mol. The Bertz CT molecular complexity index is 895. The largest absolute Gasteiger partial charge is 0.382 e. The normalized spacial score (nSPS) is 10.7. The number of hydrogen-bond acceptors (Lipinski definition) is 4. The SMILES string of the molecule is Cc1cccc(CNC(=O)c2nc3ccccc3nc2N)c1F. The highest BCUT2D eigenvalue weighted by molar-refractivity contribution is 5.98. The number of amides is 1. The number of aryl methyl sites for hydroxylation is 1. The number of para-hydroxylation sites is 2. The number of rotatable bonds is 3. The fraction of sp³-hybridized carbons (Fsp3) is 0.118. The maximum Gasteiger partial charge on any atom is 0.274 e. The number of hydrogen-bond donors (Lipinski definition) is 2. The van der Waals surface area contributed by atoms with Gasteiger partial charge in [-0.1, -0.05) is 30.3 Å². The molecule has 3 aromatic rings. The number of nitrogens with zero attached hydrogens (tertiary/aromatic N) is 2. The summed E-state index contributed by atoms with van der Waals surface area (Å²) in [5.41, 5.74) is 7.97. The van der Waals surface area contributed by atoms with Crippen molar-refractivity contribution in [2.24, 2.45) is 0 Å². The van der Waals surface area contributed by atoms with E-state index in [9.17, 15) is 9.18 Å². The van der Waals surface area contributed by atoms with Crippen molar-refractivity contribution in [3.63, 3.8) is 0 Å². The number of carbonyl (C=O) groups is 1. The summed E-state index contributed by atoms with van der Waals surface area (Å²) in [6, 6.07) is 12.2. The van der Waals surface area contributed by atoms with Crippen molar-refractivity contribution in [2.75, 3.05) is 5.73 Å². The summed E-state index contributed by atoms with van der Waals surface area (Å²) in [5, 5.41) is 2.63. The lowest BCUT2D eigenvalue weighted by Crippen LogP contribution is -2.26. The number of nitrogens with one attached hydrogen (secondary N) is 1. The molecule has 0 aliphatic rings. The van der Waals surface area contributed by atoms with E-state index < -0.39 is 5.91 Å². The standard InChI is InChI=1S/C17H15FN4O/c1-10-5-4-6-11(14(10)18)9-20-17(23)15-16(19)22-13-8-3-2-7-12(13)21-15/h2-8H,9H2,1H3,(H2,19,22)(H,20,23).